The molecule has 124 valence electrons. The first-order valence-electron chi connectivity index (χ1n) is 8.15. The number of hydrogen-bond acceptors (Lipinski definition) is 2. The van der Waals surface area contributed by atoms with Crippen LogP contribution in [0.3, 0.4) is 0 Å². The number of carbonyl (C=O) groups is 1. The minimum absolute atomic E-state index is 0. The molecule has 0 aliphatic carbocycles. The van der Waals surface area contributed by atoms with Gasteiger partial charge in [0, 0.05) is 18.2 Å². The van der Waals surface area contributed by atoms with Gasteiger partial charge in [0.05, 0.1) is 0 Å². The summed E-state index contributed by atoms with van der Waals surface area (Å²) in [6, 6.07) is 6.69. The van der Waals surface area contributed by atoms with Gasteiger partial charge in [0.25, 0.3) is 0 Å². The first kappa shape index (κ1) is 19.0. The van der Waals surface area contributed by atoms with Crippen LogP contribution in [-0.2, 0) is 4.79 Å². The zero-order valence-electron chi connectivity index (χ0n) is 14.1. The second-order valence-corrected chi connectivity index (χ2v) is 6.67. The number of nitrogens with one attached hydrogen (secondary N) is 2. The zero-order valence-corrected chi connectivity index (χ0v) is 14.9. The summed E-state index contributed by atoms with van der Waals surface area (Å²) in [5.41, 5.74) is 3.49. The Morgan fingerprint density at radius 3 is 2.27 bits per heavy atom. The first-order chi connectivity index (χ1) is 9.99. The van der Waals surface area contributed by atoms with Crippen LogP contribution in [0.5, 0.6) is 0 Å². The summed E-state index contributed by atoms with van der Waals surface area (Å²) < 4.78 is 0. The van der Waals surface area contributed by atoms with Crippen molar-refractivity contribution in [2.24, 2.45) is 0 Å². The molecule has 0 bridgehead atoms. The van der Waals surface area contributed by atoms with Gasteiger partial charge in [-0.05, 0) is 42.3 Å². The Balaban J connectivity index is 0.00000242. The van der Waals surface area contributed by atoms with E-state index in [0.717, 1.165) is 18.7 Å². The number of anilines is 1. The Kier molecular flexibility index (Phi) is 7.37. The molecule has 0 radical (unpaired) electrons. The predicted octanol–water partition coefficient (Wildman–Crippen LogP) is 4.44. The van der Waals surface area contributed by atoms with Crippen LogP contribution in [0.15, 0.2) is 18.2 Å². The van der Waals surface area contributed by atoms with E-state index < -0.39 is 0 Å². The van der Waals surface area contributed by atoms with E-state index in [1.54, 1.807) is 0 Å². The van der Waals surface area contributed by atoms with Crippen LogP contribution in [0.4, 0.5) is 5.69 Å². The van der Waals surface area contributed by atoms with E-state index in [0.29, 0.717) is 24.3 Å². The van der Waals surface area contributed by atoms with Crippen molar-refractivity contribution >= 4 is 24.0 Å². The van der Waals surface area contributed by atoms with Crippen molar-refractivity contribution in [3.8, 4) is 0 Å². The van der Waals surface area contributed by atoms with E-state index in [9.17, 15) is 4.79 Å². The van der Waals surface area contributed by atoms with E-state index in [2.05, 4.69) is 56.5 Å². The van der Waals surface area contributed by atoms with Crippen molar-refractivity contribution in [1.82, 2.24) is 5.32 Å². The van der Waals surface area contributed by atoms with Crippen molar-refractivity contribution < 1.29 is 4.79 Å². The molecule has 1 heterocycles. The number of halogens is 1. The molecule has 1 saturated heterocycles. The SMILES string of the molecule is CC(C)c1cccc(C(C)C)c1NC(=O)CC1CCCN1.Cl. The second kappa shape index (κ2) is 8.54. The summed E-state index contributed by atoms with van der Waals surface area (Å²) in [7, 11) is 0. The molecule has 1 atom stereocenters. The van der Waals surface area contributed by atoms with Gasteiger partial charge in [-0.25, -0.2) is 0 Å². The highest BCUT2D eigenvalue weighted by atomic mass is 35.5. The van der Waals surface area contributed by atoms with Crippen LogP contribution in [0, 0.1) is 0 Å². The van der Waals surface area contributed by atoms with Gasteiger partial charge in [-0.15, -0.1) is 12.4 Å². The lowest BCUT2D eigenvalue weighted by Crippen LogP contribution is -2.28. The third kappa shape index (κ3) is 4.72. The molecule has 22 heavy (non-hydrogen) atoms. The minimum atomic E-state index is 0. The summed E-state index contributed by atoms with van der Waals surface area (Å²) in [4.78, 5) is 12.4. The summed E-state index contributed by atoms with van der Waals surface area (Å²) in [5.74, 6) is 0.941. The molecule has 2 rings (SSSR count). The van der Waals surface area contributed by atoms with Crippen LogP contribution >= 0.6 is 12.4 Å². The fourth-order valence-corrected chi connectivity index (χ4v) is 3.04. The maximum absolute atomic E-state index is 12.4. The average molecular weight is 325 g/mol. The van der Waals surface area contributed by atoms with Gasteiger partial charge in [-0.3, -0.25) is 4.79 Å². The van der Waals surface area contributed by atoms with E-state index >= 15 is 0 Å². The second-order valence-electron chi connectivity index (χ2n) is 6.67. The lowest BCUT2D eigenvalue weighted by Gasteiger charge is -2.21. The third-order valence-electron chi connectivity index (χ3n) is 4.23. The van der Waals surface area contributed by atoms with Crippen molar-refractivity contribution in [2.45, 2.75) is 64.8 Å². The lowest BCUT2D eigenvalue weighted by molar-refractivity contribution is -0.116. The Labute approximate surface area is 140 Å². The van der Waals surface area contributed by atoms with Gasteiger partial charge in [-0.2, -0.15) is 0 Å². The molecular formula is C18H29ClN2O. The van der Waals surface area contributed by atoms with Crippen molar-refractivity contribution in [3.63, 3.8) is 0 Å². The molecule has 1 fully saturated rings. The highest BCUT2D eigenvalue weighted by molar-refractivity contribution is 5.93. The molecule has 1 aromatic rings. The Bertz CT molecular complexity index is 468. The molecule has 0 aromatic heterocycles. The topological polar surface area (TPSA) is 41.1 Å². The van der Waals surface area contributed by atoms with Crippen LogP contribution in [0.25, 0.3) is 0 Å². The number of rotatable bonds is 5. The molecule has 1 amide bonds. The van der Waals surface area contributed by atoms with Gasteiger partial charge in [0.2, 0.25) is 5.91 Å². The molecule has 1 aliphatic heterocycles. The highest BCUT2D eigenvalue weighted by Crippen LogP contribution is 2.32. The monoisotopic (exact) mass is 324 g/mol. The van der Waals surface area contributed by atoms with Gasteiger partial charge >= 0.3 is 0 Å². The number of benzene rings is 1. The first-order valence-corrected chi connectivity index (χ1v) is 8.15. The van der Waals surface area contributed by atoms with Crippen molar-refractivity contribution in [3.05, 3.63) is 29.3 Å². The number of hydrogen-bond donors (Lipinski definition) is 2. The number of amides is 1. The maximum Gasteiger partial charge on any atom is 0.225 e. The maximum atomic E-state index is 12.4. The largest absolute Gasteiger partial charge is 0.326 e. The molecule has 0 saturated carbocycles. The van der Waals surface area contributed by atoms with E-state index in [-0.39, 0.29) is 18.3 Å². The van der Waals surface area contributed by atoms with Crippen molar-refractivity contribution in [1.29, 1.82) is 0 Å². The minimum Gasteiger partial charge on any atom is -0.326 e. The van der Waals surface area contributed by atoms with Gasteiger partial charge in [0.15, 0.2) is 0 Å². The van der Waals surface area contributed by atoms with Crippen LogP contribution in [0.1, 0.15) is 69.9 Å². The van der Waals surface area contributed by atoms with Gasteiger partial charge in [-0.1, -0.05) is 45.9 Å². The molecule has 3 nitrogen and oxygen atoms in total. The fourth-order valence-electron chi connectivity index (χ4n) is 3.04. The smallest absolute Gasteiger partial charge is 0.225 e. The Hall–Kier alpha value is -1.06. The molecule has 1 aromatic carbocycles. The van der Waals surface area contributed by atoms with E-state index in [1.807, 2.05) is 0 Å². The lowest BCUT2D eigenvalue weighted by atomic mass is 9.92. The normalized spacial score (nSPS) is 17.6. The predicted molar refractivity (Wildman–Crippen MR) is 96.1 cm³/mol. The zero-order chi connectivity index (χ0) is 15.4. The van der Waals surface area contributed by atoms with Crippen molar-refractivity contribution in [2.75, 3.05) is 11.9 Å². The van der Waals surface area contributed by atoms with Gasteiger partial charge < -0.3 is 10.6 Å². The Morgan fingerprint density at radius 1 is 1.23 bits per heavy atom. The Morgan fingerprint density at radius 2 is 1.82 bits per heavy atom. The molecule has 1 unspecified atom stereocenters. The highest BCUT2D eigenvalue weighted by Gasteiger charge is 2.20. The van der Waals surface area contributed by atoms with Crippen LogP contribution in [-0.4, -0.2) is 18.5 Å². The van der Waals surface area contributed by atoms with E-state index in [4.69, 9.17) is 0 Å². The van der Waals surface area contributed by atoms with Gasteiger partial charge in [0.1, 0.15) is 0 Å². The summed E-state index contributed by atoms with van der Waals surface area (Å²) >= 11 is 0. The fraction of sp³-hybridized carbons (Fsp3) is 0.611. The summed E-state index contributed by atoms with van der Waals surface area (Å²) in [6.45, 7) is 9.74. The standard InChI is InChI=1S/C18H28N2O.ClH/c1-12(2)15-8-5-9-16(13(3)4)18(15)20-17(21)11-14-7-6-10-19-14;/h5,8-9,12-14,19H,6-7,10-11H2,1-4H3,(H,20,21);1H. The molecule has 0 spiro atoms. The quantitative estimate of drug-likeness (QED) is 0.841. The third-order valence-corrected chi connectivity index (χ3v) is 4.23. The molecule has 2 N–H and O–H groups in total. The summed E-state index contributed by atoms with van der Waals surface area (Å²) in [5, 5.41) is 6.58. The van der Waals surface area contributed by atoms with Crippen LogP contribution in [0.2, 0.25) is 0 Å². The average Bonchev–Trinajstić information content (AvgIpc) is 2.91. The van der Waals surface area contributed by atoms with Crippen LogP contribution < -0.4 is 10.6 Å². The summed E-state index contributed by atoms with van der Waals surface area (Å²) in [6.07, 6.45) is 2.86. The molecule has 1 aliphatic rings. The number of carbonyl (C=O) groups excluding carboxylic acids is 1. The number of para-hydroxylation sites is 1. The van der Waals surface area contributed by atoms with E-state index in [1.165, 1.54) is 17.5 Å². The molecular weight excluding hydrogens is 296 g/mol. The molecule has 4 heteroatoms.